The molecule has 7 heteroatoms. The quantitative estimate of drug-likeness (QED) is 0.387. The monoisotopic (exact) mass is 544 g/mol. The highest BCUT2D eigenvalue weighted by molar-refractivity contribution is 6.19. The number of allylic oxidation sites excluding steroid dienone is 4. The molecule has 5 atom stereocenters. The van der Waals surface area contributed by atoms with Gasteiger partial charge in [-0.2, -0.15) is 0 Å². The number of ether oxygens (including phenoxy) is 3. The number of fused-ring (bicyclic) bond motifs is 2. The van der Waals surface area contributed by atoms with Crippen molar-refractivity contribution in [2.24, 2.45) is 17.8 Å². The summed E-state index contributed by atoms with van der Waals surface area (Å²) in [6, 6.07) is 0. The number of rotatable bonds is 5. The van der Waals surface area contributed by atoms with Crippen LogP contribution < -0.4 is 9.47 Å². The van der Waals surface area contributed by atoms with E-state index in [0.29, 0.717) is 35.3 Å². The largest absolute Gasteiger partial charge is 0.506 e. The maximum absolute atomic E-state index is 14.5. The highest BCUT2D eigenvalue weighted by Crippen LogP contribution is 2.68. The molecule has 1 saturated heterocycles. The van der Waals surface area contributed by atoms with Gasteiger partial charge in [-0.15, -0.1) is 0 Å². The lowest BCUT2D eigenvalue weighted by molar-refractivity contribution is -0.160. The molecule has 6 aliphatic rings. The Kier molecular flexibility index (Phi) is 5.54. The average molecular weight is 545 g/mol. The fraction of sp³-hybridized carbons (Fsp3) is 0.485. The Hall–Kier alpha value is -3.45. The molecule has 0 aromatic heterocycles. The molecule has 3 heterocycles. The van der Waals surface area contributed by atoms with Gasteiger partial charge in [-0.05, 0) is 72.6 Å². The van der Waals surface area contributed by atoms with Crippen LogP contribution in [0.3, 0.4) is 0 Å². The first-order valence-electron chi connectivity index (χ1n) is 14.0. The van der Waals surface area contributed by atoms with Crippen molar-refractivity contribution in [3.8, 4) is 17.2 Å². The molecule has 210 valence electrons. The minimum Gasteiger partial charge on any atom is -0.506 e. The first kappa shape index (κ1) is 26.8. The third-order valence-corrected chi connectivity index (χ3v) is 9.09. The predicted octanol–water partition coefficient (Wildman–Crippen LogP) is 5.48. The molecular formula is C33H36O7. The molecule has 7 rings (SSSR count). The summed E-state index contributed by atoms with van der Waals surface area (Å²) >= 11 is 0. The van der Waals surface area contributed by atoms with Crippen molar-refractivity contribution >= 4 is 23.9 Å². The number of ketones is 2. The zero-order valence-electron chi connectivity index (χ0n) is 24.1. The summed E-state index contributed by atoms with van der Waals surface area (Å²) in [5.74, 6) is -1.40. The second-order valence-corrected chi connectivity index (χ2v) is 13.1. The van der Waals surface area contributed by atoms with Crippen LogP contribution in [0.2, 0.25) is 0 Å². The van der Waals surface area contributed by atoms with Crippen LogP contribution in [-0.4, -0.2) is 45.4 Å². The molecule has 0 amide bonds. The zero-order chi connectivity index (χ0) is 29.0. The molecule has 1 aromatic rings. The number of phenolic OH excluding ortho intramolecular Hbond substituents is 1. The summed E-state index contributed by atoms with van der Waals surface area (Å²) in [4.78, 5) is 40.1. The highest BCUT2D eigenvalue weighted by Gasteiger charge is 2.81. The fourth-order valence-electron chi connectivity index (χ4n) is 7.23. The van der Waals surface area contributed by atoms with E-state index < -0.39 is 34.2 Å². The third-order valence-electron chi connectivity index (χ3n) is 9.09. The first-order chi connectivity index (χ1) is 18.7. The van der Waals surface area contributed by atoms with Gasteiger partial charge < -0.3 is 24.1 Å². The Morgan fingerprint density at radius 2 is 1.88 bits per heavy atom. The lowest BCUT2D eigenvalue weighted by Crippen LogP contribution is -2.71. The fourth-order valence-corrected chi connectivity index (χ4v) is 7.23. The van der Waals surface area contributed by atoms with E-state index in [2.05, 4.69) is 0 Å². The standard InChI is InChI=1S/C33H36O7/c1-17(2)8-9-21-27-20(11-12-30(4,5)38-27)25(35)24-26(36)22-14-19-15-23-31(6,7)40-32(29(19)37,13-10-18(3)16-34)33(22,23)39-28(21)24/h8,10-14,16,18-19,23,35H,9,15H2,1-7H3/t18?,19-,23?,32+,33-/m1/s1. The Morgan fingerprint density at radius 1 is 1.15 bits per heavy atom. The molecule has 0 radical (unpaired) electrons. The Bertz CT molecular complexity index is 1500. The van der Waals surface area contributed by atoms with E-state index in [1.54, 1.807) is 31.2 Å². The van der Waals surface area contributed by atoms with Gasteiger partial charge in [0.05, 0.1) is 11.2 Å². The maximum Gasteiger partial charge on any atom is 0.200 e. The van der Waals surface area contributed by atoms with Crippen LogP contribution in [0.15, 0.2) is 41.5 Å². The van der Waals surface area contributed by atoms with E-state index in [1.165, 1.54) is 0 Å². The summed E-state index contributed by atoms with van der Waals surface area (Å²) in [6.45, 7) is 13.4. The number of hydrogen-bond acceptors (Lipinski definition) is 7. The van der Waals surface area contributed by atoms with Crippen LogP contribution in [-0.2, 0) is 20.7 Å². The number of carbonyl (C=O) groups excluding carboxylic acids is 3. The number of phenols is 1. The lowest BCUT2D eigenvalue weighted by atomic mass is 9.51. The topological polar surface area (TPSA) is 99.1 Å². The second-order valence-electron chi connectivity index (χ2n) is 13.1. The minimum atomic E-state index is -1.60. The molecule has 4 bridgehead atoms. The van der Waals surface area contributed by atoms with Crippen LogP contribution in [0.1, 0.15) is 76.4 Å². The second kappa shape index (κ2) is 8.29. The Morgan fingerprint density at radius 3 is 2.55 bits per heavy atom. The SMILES string of the molecule is CC(C)=CCc1c2c(c(O)c3c1O[C@]14C(=C[C@@H]5CC1C(C)(C)O[C@@]4(C=CC(C)C=O)C5=O)C3=O)C=CC(C)(C)O2. The van der Waals surface area contributed by atoms with Gasteiger partial charge >= 0.3 is 0 Å². The molecule has 3 aliphatic heterocycles. The molecule has 1 aromatic carbocycles. The van der Waals surface area contributed by atoms with Crippen LogP contribution >= 0.6 is 0 Å². The number of aldehydes is 1. The number of hydrogen-bond donors (Lipinski definition) is 1. The van der Waals surface area contributed by atoms with E-state index in [-0.39, 0.29) is 34.5 Å². The smallest absolute Gasteiger partial charge is 0.200 e. The maximum atomic E-state index is 14.5. The van der Waals surface area contributed by atoms with Gasteiger partial charge in [-0.3, -0.25) is 9.59 Å². The zero-order valence-corrected chi connectivity index (χ0v) is 24.1. The summed E-state index contributed by atoms with van der Waals surface area (Å²) in [5.41, 5.74) is -1.94. The summed E-state index contributed by atoms with van der Waals surface area (Å²) in [7, 11) is 0. The van der Waals surface area contributed by atoms with Crippen molar-refractivity contribution in [1.29, 1.82) is 0 Å². The average Bonchev–Trinajstić information content (AvgIpc) is 3.03. The van der Waals surface area contributed by atoms with E-state index in [9.17, 15) is 19.5 Å². The number of benzene rings is 1. The van der Waals surface area contributed by atoms with E-state index >= 15 is 0 Å². The third kappa shape index (κ3) is 3.30. The molecule has 2 unspecified atom stereocenters. The van der Waals surface area contributed by atoms with Crippen molar-refractivity contribution in [2.75, 3.05) is 0 Å². The van der Waals surface area contributed by atoms with Gasteiger partial charge in [0, 0.05) is 28.9 Å². The summed E-state index contributed by atoms with van der Waals surface area (Å²) < 4.78 is 20.1. The summed E-state index contributed by atoms with van der Waals surface area (Å²) in [6.07, 6.45) is 12.4. The van der Waals surface area contributed by atoms with E-state index in [0.717, 1.165) is 11.9 Å². The van der Waals surface area contributed by atoms with Gasteiger partial charge in [-0.1, -0.05) is 30.7 Å². The molecule has 1 spiro atoms. The van der Waals surface area contributed by atoms with Gasteiger partial charge in [0.2, 0.25) is 0 Å². The number of Topliss-reactive ketones (excluding diaryl/α,β-unsaturated/α-hetero) is 2. The molecule has 2 fully saturated rings. The molecule has 1 N–H and O–H groups in total. The molecule has 7 nitrogen and oxygen atoms in total. The van der Waals surface area contributed by atoms with Gasteiger partial charge in [-0.25, -0.2) is 0 Å². The first-order valence-corrected chi connectivity index (χ1v) is 14.0. The molecule has 1 saturated carbocycles. The normalized spacial score (nSPS) is 32.4. The van der Waals surface area contributed by atoms with Gasteiger partial charge in [0.15, 0.2) is 22.8 Å². The molecule has 3 aliphatic carbocycles. The minimum absolute atomic E-state index is 0.0818. The lowest BCUT2D eigenvalue weighted by Gasteiger charge is -2.55. The summed E-state index contributed by atoms with van der Waals surface area (Å²) in [5, 5.41) is 11.5. The van der Waals surface area contributed by atoms with E-state index in [1.807, 2.05) is 53.7 Å². The van der Waals surface area contributed by atoms with Crippen LogP contribution in [0.25, 0.3) is 6.08 Å². The number of carbonyl (C=O) groups is 3. The highest BCUT2D eigenvalue weighted by atomic mass is 16.6. The van der Waals surface area contributed by atoms with Gasteiger partial charge in [0.25, 0.3) is 0 Å². The van der Waals surface area contributed by atoms with Crippen molar-refractivity contribution in [3.63, 3.8) is 0 Å². The Labute approximate surface area is 234 Å². The number of aromatic hydroxyl groups is 1. The van der Waals surface area contributed by atoms with Crippen LogP contribution in [0.5, 0.6) is 17.2 Å². The molecule has 40 heavy (non-hydrogen) atoms. The predicted molar refractivity (Wildman–Crippen MR) is 150 cm³/mol. The van der Waals surface area contributed by atoms with Crippen LogP contribution in [0.4, 0.5) is 0 Å². The van der Waals surface area contributed by atoms with Crippen molar-refractivity contribution in [3.05, 3.63) is 58.2 Å². The van der Waals surface area contributed by atoms with Crippen LogP contribution in [0, 0.1) is 17.8 Å². The van der Waals surface area contributed by atoms with Crippen molar-refractivity contribution in [1.82, 2.24) is 0 Å². The van der Waals surface area contributed by atoms with Gasteiger partial charge in [0.1, 0.15) is 34.7 Å². The van der Waals surface area contributed by atoms with Crippen molar-refractivity contribution < 1.29 is 33.7 Å². The van der Waals surface area contributed by atoms with E-state index in [4.69, 9.17) is 14.2 Å². The molecular weight excluding hydrogens is 508 g/mol. The Balaban J connectivity index is 1.67. The van der Waals surface area contributed by atoms with Crippen molar-refractivity contribution in [2.45, 2.75) is 83.7 Å².